The molecule has 0 radical (unpaired) electrons. The van der Waals surface area contributed by atoms with E-state index in [1.54, 1.807) is 0 Å². The largest absolute Gasteiger partial charge is 0.381 e. The Morgan fingerprint density at radius 3 is 2.78 bits per heavy atom. The fourth-order valence-corrected chi connectivity index (χ4v) is 2.73. The molecule has 0 bridgehead atoms. The third kappa shape index (κ3) is 2.11. The molecular weight excluding hydrogens is 224 g/mol. The quantitative estimate of drug-likeness (QED) is 0.880. The summed E-state index contributed by atoms with van der Waals surface area (Å²) in [5.41, 5.74) is 7.61. The van der Waals surface area contributed by atoms with Crippen molar-refractivity contribution >= 4 is 10.8 Å². The van der Waals surface area contributed by atoms with Crippen LogP contribution in [0.1, 0.15) is 24.4 Å². The Kier molecular flexibility index (Phi) is 3.26. The highest BCUT2D eigenvalue weighted by molar-refractivity contribution is 5.85. The number of ether oxygens (including phenoxy) is 1. The molecule has 1 aliphatic rings. The van der Waals surface area contributed by atoms with Crippen LogP contribution in [0.25, 0.3) is 10.8 Å². The lowest BCUT2D eigenvalue weighted by atomic mass is 9.86. The van der Waals surface area contributed by atoms with Gasteiger partial charge in [-0.1, -0.05) is 24.3 Å². The number of nitrogens with zero attached hydrogens (tertiary/aromatic N) is 1. The summed E-state index contributed by atoms with van der Waals surface area (Å²) in [5, 5.41) is 2.39. The van der Waals surface area contributed by atoms with Gasteiger partial charge < -0.3 is 10.5 Å². The van der Waals surface area contributed by atoms with Crippen LogP contribution in [0.3, 0.4) is 0 Å². The van der Waals surface area contributed by atoms with Crippen molar-refractivity contribution in [3.05, 3.63) is 42.2 Å². The molecular formula is C15H18N2O. The van der Waals surface area contributed by atoms with Crippen molar-refractivity contribution in [1.82, 2.24) is 4.98 Å². The first-order valence-electron chi connectivity index (χ1n) is 6.52. The first kappa shape index (κ1) is 11.6. The van der Waals surface area contributed by atoms with Gasteiger partial charge in [-0.25, -0.2) is 0 Å². The minimum atomic E-state index is 0.0625. The summed E-state index contributed by atoms with van der Waals surface area (Å²) in [5.74, 6) is 0.506. The molecule has 1 unspecified atom stereocenters. The molecule has 0 amide bonds. The zero-order chi connectivity index (χ0) is 12.4. The van der Waals surface area contributed by atoms with Gasteiger partial charge in [-0.15, -0.1) is 0 Å². The van der Waals surface area contributed by atoms with Crippen LogP contribution in [0, 0.1) is 5.92 Å². The van der Waals surface area contributed by atoms with Crippen LogP contribution < -0.4 is 5.73 Å². The third-order valence-corrected chi connectivity index (χ3v) is 3.83. The Labute approximate surface area is 107 Å². The number of rotatable bonds is 2. The van der Waals surface area contributed by atoms with Gasteiger partial charge in [-0.3, -0.25) is 4.98 Å². The molecule has 1 saturated heterocycles. The molecule has 3 rings (SSSR count). The van der Waals surface area contributed by atoms with E-state index in [1.165, 1.54) is 10.9 Å². The maximum Gasteiger partial charge on any atom is 0.0469 e. The lowest BCUT2D eigenvalue weighted by Crippen LogP contribution is -2.27. The highest BCUT2D eigenvalue weighted by Gasteiger charge is 2.23. The monoisotopic (exact) mass is 242 g/mol. The summed E-state index contributed by atoms with van der Waals surface area (Å²) in [6.45, 7) is 1.66. The Balaban J connectivity index is 1.97. The summed E-state index contributed by atoms with van der Waals surface area (Å²) in [7, 11) is 0. The third-order valence-electron chi connectivity index (χ3n) is 3.83. The molecule has 2 heterocycles. The molecule has 2 N–H and O–H groups in total. The molecule has 1 fully saturated rings. The SMILES string of the molecule is NC(c1cncc2ccccc12)C1CCOCC1. The first-order chi connectivity index (χ1) is 8.86. The topological polar surface area (TPSA) is 48.1 Å². The normalized spacial score (nSPS) is 18.9. The smallest absolute Gasteiger partial charge is 0.0469 e. The van der Waals surface area contributed by atoms with E-state index in [1.807, 2.05) is 18.5 Å². The van der Waals surface area contributed by atoms with Gasteiger partial charge in [0.25, 0.3) is 0 Å². The van der Waals surface area contributed by atoms with E-state index in [0.717, 1.165) is 31.4 Å². The molecule has 3 heteroatoms. The molecule has 1 aromatic heterocycles. The van der Waals surface area contributed by atoms with Gasteiger partial charge in [0.1, 0.15) is 0 Å². The van der Waals surface area contributed by atoms with E-state index in [2.05, 4.69) is 23.2 Å². The molecule has 1 atom stereocenters. The van der Waals surface area contributed by atoms with Gasteiger partial charge in [-0.2, -0.15) is 0 Å². The van der Waals surface area contributed by atoms with Crippen LogP contribution in [0.4, 0.5) is 0 Å². The van der Waals surface area contributed by atoms with Gasteiger partial charge in [0.2, 0.25) is 0 Å². The highest BCUT2D eigenvalue weighted by atomic mass is 16.5. The minimum Gasteiger partial charge on any atom is -0.381 e. The van der Waals surface area contributed by atoms with Gasteiger partial charge >= 0.3 is 0 Å². The zero-order valence-electron chi connectivity index (χ0n) is 10.4. The summed E-state index contributed by atoms with van der Waals surface area (Å²) in [6.07, 6.45) is 5.91. The Bertz CT molecular complexity index is 530. The van der Waals surface area contributed by atoms with Gasteiger partial charge in [0, 0.05) is 37.0 Å². The van der Waals surface area contributed by atoms with E-state index in [0.29, 0.717) is 5.92 Å². The van der Waals surface area contributed by atoms with E-state index in [-0.39, 0.29) is 6.04 Å². The summed E-state index contributed by atoms with van der Waals surface area (Å²) in [4.78, 5) is 4.32. The van der Waals surface area contributed by atoms with Crippen molar-refractivity contribution in [1.29, 1.82) is 0 Å². The Morgan fingerprint density at radius 1 is 1.17 bits per heavy atom. The summed E-state index contributed by atoms with van der Waals surface area (Å²) in [6, 6.07) is 8.37. The molecule has 0 saturated carbocycles. The van der Waals surface area contributed by atoms with Crippen LogP contribution in [0.5, 0.6) is 0 Å². The van der Waals surface area contributed by atoms with E-state index in [9.17, 15) is 0 Å². The van der Waals surface area contributed by atoms with Crippen LogP contribution in [0.2, 0.25) is 0 Å². The number of aromatic nitrogens is 1. The molecule has 0 aliphatic carbocycles. The summed E-state index contributed by atoms with van der Waals surface area (Å²) < 4.78 is 5.40. The number of hydrogen-bond acceptors (Lipinski definition) is 3. The fourth-order valence-electron chi connectivity index (χ4n) is 2.73. The van der Waals surface area contributed by atoms with Crippen molar-refractivity contribution < 1.29 is 4.74 Å². The average molecular weight is 242 g/mol. The molecule has 2 aromatic rings. The zero-order valence-corrected chi connectivity index (χ0v) is 10.4. The molecule has 0 spiro atoms. The maximum absolute atomic E-state index is 6.44. The lowest BCUT2D eigenvalue weighted by molar-refractivity contribution is 0.0585. The molecule has 18 heavy (non-hydrogen) atoms. The number of nitrogens with two attached hydrogens (primary N) is 1. The van der Waals surface area contributed by atoms with Crippen molar-refractivity contribution in [2.75, 3.05) is 13.2 Å². The van der Waals surface area contributed by atoms with Crippen molar-refractivity contribution in [2.45, 2.75) is 18.9 Å². The van der Waals surface area contributed by atoms with Gasteiger partial charge in [0.15, 0.2) is 0 Å². The predicted molar refractivity (Wildman–Crippen MR) is 72.2 cm³/mol. The maximum atomic E-state index is 6.44. The van der Waals surface area contributed by atoms with E-state index < -0.39 is 0 Å². The second-order valence-electron chi connectivity index (χ2n) is 4.93. The Morgan fingerprint density at radius 2 is 1.94 bits per heavy atom. The van der Waals surface area contributed by atoms with Crippen LogP contribution >= 0.6 is 0 Å². The highest BCUT2D eigenvalue weighted by Crippen LogP contribution is 2.31. The standard InChI is InChI=1S/C15H18N2O/c16-15(11-5-7-18-8-6-11)14-10-17-9-12-3-1-2-4-13(12)14/h1-4,9-11,15H,5-8,16H2. The second kappa shape index (κ2) is 5.04. The number of hydrogen-bond donors (Lipinski definition) is 1. The molecule has 3 nitrogen and oxygen atoms in total. The number of benzene rings is 1. The first-order valence-corrected chi connectivity index (χ1v) is 6.52. The fraction of sp³-hybridized carbons (Fsp3) is 0.400. The van der Waals surface area contributed by atoms with Crippen molar-refractivity contribution in [3.63, 3.8) is 0 Å². The Hall–Kier alpha value is -1.45. The van der Waals surface area contributed by atoms with Crippen LogP contribution in [-0.4, -0.2) is 18.2 Å². The molecule has 1 aliphatic heterocycles. The van der Waals surface area contributed by atoms with Gasteiger partial charge in [0.05, 0.1) is 0 Å². The van der Waals surface area contributed by atoms with Crippen LogP contribution in [0.15, 0.2) is 36.7 Å². The lowest BCUT2D eigenvalue weighted by Gasteiger charge is -2.28. The van der Waals surface area contributed by atoms with Crippen LogP contribution in [-0.2, 0) is 4.74 Å². The van der Waals surface area contributed by atoms with Gasteiger partial charge in [-0.05, 0) is 29.7 Å². The minimum absolute atomic E-state index is 0.0625. The molecule has 1 aromatic carbocycles. The number of pyridine rings is 1. The predicted octanol–water partition coefficient (Wildman–Crippen LogP) is 2.66. The second-order valence-corrected chi connectivity index (χ2v) is 4.93. The molecule has 94 valence electrons. The van der Waals surface area contributed by atoms with Crippen molar-refractivity contribution in [2.24, 2.45) is 11.7 Å². The van der Waals surface area contributed by atoms with E-state index in [4.69, 9.17) is 10.5 Å². The number of fused-ring (bicyclic) bond motifs is 1. The van der Waals surface area contributed by atoms with E-state index >= 15 is 0 Å². The van der Waals surface area contributed by atoms with Crippen molar-refractivity contribution in [3.8, 4) is 0 Å². The average Bonchev–Trinajstić information content (AvgIpc) is 2.47. The summed E-state index contributed by atoms with van der Waals surface area (Å²) >= 11 is 0.